The van der Waals surface area contributed by atoms with Crippen LogP contribution in [0, 0.1) is 0 Å². The van der Waals surface area contributed by atoms with E-state index < -0.39 is 0 Å². The maximum atomic E-state index is 12.4. The van der Waals surface area contributed by atoms with Gasteiger partial charge in [-0.3, -0.25) is 0 Å². The number of rotatable bonds is 13. The molecule has 0 radical (unpaired) electrons. The summed E-state index contributed by atoms with van der Waals surface area (Å²) in [7, 11) is 4.76. The molecule has 1 rings (SSSR count). The Morgan fingerprint density at radius 2 is 1.48 bits per heavy atom. The van der Waals surface area contributed by atoms with Crippen molar-refractivity contribution in [3.05, 3.63) is 23.3 Å². The highest BCUT2D eigenvalue weighted by Gasteiger charge is 2.16. The van der Waals surface area contributed by atoms with Crippen molar-refractivity contribution in [1.82, 2.24) is 0 Å². The van der Waals surface area contributed by atoms with Crippen molar-refractivity contribution in [2.75, 3.05) is 27.9 Å². The fraction of sp³-hybridized carbons (Fsp3) is 0.591. The van der Waals surface area contributed by atoms with Crippen LogP contribution in [0.25, 0.3) is 6.08 Å². The molecule has 0 aliphatic carbocycles. The van der Waals surface area contributed by atoms with E-state index in [1.807, 2.05) is 13.0 Å². The standard InChI is InChI=1S/C22H34O5/c1-6-8-9-10-11-12-13-17(22(23)27-7-2)14-19-20(25-4)15-18(24-3)16-21(19)26-5/h14-16H,6-13H2,1-5H3/b17-14+. The van der Waals surface area contributed by atoms with Gasteiger partial charge in [-0.05, 0) is 25.8 Å². The zero-order valence-electron chi connectivity index (χ0n) is 17.4. The molecule has 0 N–H and O–H groups in total. The molecule has 5 nitrogen and oxygen atoms in total. The van der Waals surface area contributed by atoms with E-state index in [0.29, 0.717) is 35.8 Å². The molecule has 0 fully saturated rings. The summed E-state index contributed by atoms with van der Waals surface area (Å²) in [6.07, 6.45) is 9.48. The Morgan fingerprint density at radius 3 is 2.00 bits per heavy atom. The number of unbranched alkanes of at least 4 members (excludes halogenated alkanes) is 5. The second-order valence-electron chi connectivity index (χ2n) is 6.35. The zero-order chi connectivity index (χ0) is 20.1. The van der Waals surface area contributed by atoms with Gasteiger partial charge in [-0.1, -0.05) is 39.0 Å². The Balaban J connectivity index is 3.06. The van der Waals surface area contributed by atoms with Gasteiger partial charge in [0.1, 0.15) is 17.2 Å². The minimum absolute atomic E-state index is 0.286. The molecular weight excluding hydrogens is 344 g/mol. The molecule has 1 aromatic rings. The lowest BCUT2D eigenvalue weighted by molar-refractivity contribution is -0.138. The third kappa shape index (κ3) is 7.53. The number of hydrogen-bond donors (Lipinski definition) is 0. The summed E-state index contributed by atoms with van der Waals surface area (Å²) < 4.78 is 21.5. The number of carbonyl (C=O) groups is 1. The van der Waals surface area contributed by atoms with E-state index in [1.165, 1.54) is 25.7 Å². The van der Waals surface area contributed by atoms with E-state index in [0.717, 1.165) is 18.4 Å². The summed E-state index contributed by atoms with van der Waals surface area (Å²) >= 11 is 0. The normalized spacial score (nSPS) is 11.2. The Hall–Kier alpha value is -2.17. The summed E-state index contributed by atoms with van der Waals surface area (Å²) in [5.41, 5.74) is 1.35. The smallest absolute Gasteiger partial charge is 0.334 e. The Bertz CT molecular complexity index is 582. The van der Waals surface area contributed by atoms with Gasteiger partial charge in [-0.2, -0.15) is 0 Å². The van der Waals surface area contributed by atoms with E-state index in [1.54, 1.807) is 33.5 Å². The minimum atomic E-state index is -0.286. The van der Waals surface area contributed by atoms with Crippen LogP contribution in [0.4, 0.5) is 0 Å². The largest absolute Gasteiger partial charge is 0.496 e. The summed E-state index contributed by atoms with van der Waals surface area (Å²) in [5.74, 6) is 1.53. The molecule has 0 saturated heterocycles. The van der Waals surface area contributed by atoms with Gasteiger partial charge < -0.3 is 18.9 Å². The molecule has 0 unspecified atom stereocenters. The maximum absolute atomic E-state index is 12.4. The molecule has 0 saturated carbocycles. The summed E-state index contributed by atoms with van der Waals surface area (Å²) in [5, 5.41) is 0. The first kappa shape index (κ1) is 22.9. The van der Waals surface area contributed by atoms with Gasteiger partial charge in [0.2, 0.25) is 0 Å². The van der Waals surface area contributed by atoms with Crippen LogP contribution in [0.15, 0.2) is 17.7 Å². The van der Waals surface area contributed by atoms with Gasteiger partial charge in [-0.15, -0.1) is 0 Å². The predicted octanol–water partition coefficient (Wildman–Crippen LogP) is 5.41. The Kier molecular flexibility index (Phi) is 11.1. The van der Waals surface area contributed by atoms with E-state index in [-0.39, 0.29) is 5.97 Å². The average molecular weight is 379 g/mol. The molecule has 152 valence electrons. The average Bonchev–Trinajstić information content (AvgIpc) is 2.69. The van der Waals surface area contributed by atoms with Crippen LogP contribution in [0.5, 0.6) is 17.2 Å². The highest BCUT2D eigenvalue weighted by Crippen LogP contribution is 2.36. The van der Waals surface area contributed by atoms with Crippen molar-refractivity contribution in [1.29, 1.82) is 0 Å². The Morgan fingerprint density at radius 1 is 0.889 bits per heavy atom. The van der Waals surface area contributed by atoms with Crippen molar-refractivity contribution in [3.8, 4) is 17.2 Å². The van der Waals surface area contributed by atoms with Crippen molar-refractivity contribution < 1.29 is 23.7 Å². The van der Waals surface area contributed by atoms with Crippen LogP contribution < -0.4 is 14.2 Å². The predicted molar refractivity (Wildman–Crippen MR) is 109 cm³/mol. The van der Waals surface area contributed by atoms with E-state index in [9.17, 15) is 4.79 Å². The van der Waals surface area contributed by atoms with Crippen molar-refractivity contribution in [2.45, 2.75) is 58.8 Å². The molecule has 1 aromatic carbocycles. The molecule has 0 aliphatic rings. The molecule has 0 amide bonds. The van der Waals surface area contributed by atoms with Crippen molar-refractivity contribution >= 4 is 12.0 Å². The molecular formula is C22H34O5. The number of hydrogen-bond acceptors (Lipinski definition) is 5. The lowest BCUT2D eigenvalue weighted by Crippen LogP contribution is -2.08. The molecule has 0 bridgehead atoms. The van der Waals surface area contributed by atoms with Gasteiger partial charge >= 0.3 is 5.97 Å². The van der Waals surface area contributed by atoms with Crippen LogP contribution in [0.2, 0.25) is 0 Å². The van der Waals surface area contributed by atoms with Crippen LogP contribution in [0.1, 0.15) is 64.4 Å². The summed E-state index contributed by atoms with van der Waals surface area (Å²) in [4.78, 5) is 12.4. The lowest BCUT2D eigenvalue weighted by atomic mass is 10.0. The lowest BCUT2D eigenvalue weighted by Gasteiger charge is -2.14. The van der Waals surface area contributed by atoms with Crippen LogP contribution in [-0.2, 0) is 9.53 Å². The van der Waals surface area contributed by atoms with Gasteiger partial charge in [0.15, 0.2) is 0 Å². The SMILES string of the molecule is CCCCCCCC/C(=C\c1c(OC)cc(OC)cc1OC)C(=O)OCC. The summed E-state index contributed by atoms with van der Waals surface area (Å²) in [6, 6.07) is 3.56. The third-order valence-corrected chi connectivity index (χ3v) is 4.41. The topological polar surface area (TPSA) is 54.0 Å². The maximum Gasteiger partial charge on any atom is 0.334 e. The molecule has 0 aromatic heterocycles. The van der Waals surface area contributed by atoms with Gasteiger partial charge in [-0.25, -0.2) is 4.79 Å². The number of carbonyl (C=O) groups excluding carboxylic acids is 1. The quantitative estimate of drug-likeness (QED) is 0.261. The van der Waals surface area contributed by atoms with E-state index >= 15 is 0 Å². The monoisotopic (exact) mass is 378 g/mol. The van der Waals surface area contributed by atoms with Gasteiger partial charge in [0, 0.05) is 17.7 Å². The number of ether oxygens (including phenoxy) is 4. The Labute approximate surface area is 163 Å². The number of esters is 1. The van der Waals surface area contributed by atoms with Crippen LogP contribution in [-0.4, -0.2) is 33.9 Å². The molecule has 0 atom stereocenters. The first-order chi connectivity index (χ1) is 13.1. The van der Waals surface area contributed by atoms with Crippen LogP contribution >= 0.6 is 0 Å². The number of benzene rings is 1. The zero-order valence-corrected chi connectivity index (χ0v) is 17.4. The summed E-state index contributed by atoms with van der Waals surface area (Å²) in [6.45, 7) is 4.37. The van der Waals surface area contributed by atoms with Gasteiger partial charge in [0.25, 0.3) is 0 Å². The van der Waals surface area contributed by atoms with Gasteiger partial charge in [0.05, 0.1) is 33.5 Å². The number of methoxy groups -OCH3 is 3. The van der Waals surface area contributed by atoms with E-state index in [2.05, 4.69) is 6.92 Å². The van der Waals surface area contributed by atoms with Crippen molar-refractivity contribution in [2.24, 2.45) is 0 Å². The molecule has 0 aliphatic heterocycles. The fourth-order valence-electron chi connectivity index (χ4n) is 2.90. The molecule has 0 heterocycles. The molecule has 5 heteroatoms. The van der Waals surface area contributed by atoms with Crippen molar-refractivity contribution in [3.63, 3.8) is 0 Å². The second-order valence-corrected chi connectivity index (χ2v) is 6.35. The molecule has 0 spiro atoms. The fourth-order valence-corrected chi connectivity index (χ4v) is 2.90. The first-order valence-corrected chi connectivity index (χ1v) is 9.78. The highest BCUT2D eigenvalue weighted by atomic mass is 16.5. The highest BCUT2D eigenvalue weighted by molar-refractivity contribution is 5.94. The first-order valence-electron chi connectivity index (χ1n) is 9.78. The minimum Gasteiger partial charge on any atom is -0.496 e. The van der Waals surface area contributed by atoms with E-state index in [4.69, 9.17) is 18.9 Å². The van der Waals surface area contributed by atoms with Crippen LogP contribution in [0.3, 0.4) is 0 Å². The molecule has 27 heavy (non-hydrogen) atoms. The second kappa shape index (κ2) is 13.1. The third-order valence-electron chi connectivity index (χ3n) is 4.41.